The van der Waals surface area contributed by atoms with Crippen LogP contribution in [0.3, 0.4) is 0 Å². The Hall–Kier alpha value is -1.59. The fourth-order valence-corrected chi connectivity index (χ4v) is 1.73. The first-order valence-electron chi connectivity index (χ1n) is 6.57. The molecule has 1 fully saturated rings. The van der Waals surface area contributed by atoms with Crippen LogP contribution in [0, 0.1) is 5.41 Å². The van der Waals surface area contributed by atoms with Crippen molar-refractivity contribution in [3.05, 3.63) is 0 Å². The lowest BCUT2D eigenvalue weighted by Gasteiger charge is -2.31. The first kappa shape index (κ1) is 15.5. The van der Waals surface area contributed by atoms with Crippen molar-refractivity contribution in [3.8, 4) is 0 Å². The zero-order chi connectivity index (χ0) is 14.3. The Morgan fingerprint density at radius 2 is 1.68 bits per heavy atom. The number of carbonyl (C=O) groups excluding carboxylic acids is 3. The summed E-state index contributed by atoms with van der Waals surface area (Å²) in [6, 6.07) is 0. The molecule has 1 rings (SSSR count). The molecule has 1 saturated heterocycles. The van der Waals surface area contributed by atoms with E-state index in [1.54, 1.807) is 0 Å². The van der Waals surface area contributed by atoms with Gasteiger partial charge in [0, 0.05) is 6.42 Å². The van der Waals surface area contributed by atoms with Gasteiger partial charge in [-0.05, 0) is 19.3 Å². The Bertz CT molecular complexity index is 317. The molecule has 0 radical (unpaired) electrons. The highest BCUT2D eigenvalue weighted by atomic mass is 16.6. The van der Waals surface area contributed by atoms with Gasteiger partial charge >= 0.3 is 17.9 Å². The highest BCUT2D eigenvalue weighted by Crippen LogP contribution is 2.32. The summed E-state index contributed by atoms with van der Waals surface area (Å²) >= 11 is 0. The van der Waals surface area contributed by atoms with Crippen molar-refractivity contribution in [1.29, 1.82) is 0 Å². The van der Waals surface area contributed by atoms with Gasteiger partial charge in [0.15, 0.2) is 5.41 Å². The third kappa shape index (κ3) is 3.68. The molecule has 0 N–H and O–H groups in total. The van der Waals surface area contributed by atoms with E-state index in [1.165, 1.54) is 0 Å². The molecule has 0 saturated carbocycles. The average molecular weight is 272 g/mol. The van der Waals surface area contributed by atoms with E-state index in [-0.39, 0.29) is 32.7 Å². The van der Waals surface area contributed by atoms with Crippen LogP contribution in [-0.4, -0.2) is 37.7 Å². The van der Waals surface area contributed by atoms with E-state index in [0.29, 0.717) is 12.8 Å². The molecule has 1 heterocycles. The van der Waals surface area contributed by atoms with Gasteiger partial charge in [-0.3, -0.25) is 14.4 Å². The van der Waals surface area contributed by atoms with E-state index in [9.17, 15) is 14.4 Å². The summed E-state index contributed by atoms with van der Waals surface area (Å²) in [5.74, 6) is -1.74. The monoisotopic (exact) mass is 272 g/mol. The first-order valence-corrected chi connectivity index (χ1v) is 6.57. The van der Waals surface area contributed by atoms with Crippen LogP contribution in [0.15, 0.2) is 0 Å². The van der Waals surface area contributed by atoms with Crippen molar-refractivity contribution in [2.24, 2.45) is 5.41 Å². The maximum atomic E-state index is 12.1. The summed E-state index contributed by atoms with van der Waals surface area (Å²) in [7, 11) is 0. The second-order valence-corrected chi connectivity index (χ2v) is 4.51. The van der Waals surface area contributed by atoms with E-state index in [0.717, 1.165) is 0 Å². The van der Waals surface area contributed by atoms with Crippen LogP contribution < -0.4 is 0 Å². The van der Waals surface area contributed by atoms with Gasteiger partial charge in [-0.15, -0.1) is 0 Å². The molecule has 0 amide bonds. The van der Waals surface area contributed by atoms with Gasteiger partial charge in [0.2, 0.25) is 0 Å². The molecule has 0 aromatic carbocycles. The molecule has 0 unspecified atom stereocenters. The maximum Gasteiger partial charge on any atom is 0.327 e. The number of carbonyl (C=O) groups is 3. The summed E-state index contributed by atoms with van der Waals surface area (Å²) in [5, 5.41) is 0. The number of cyclic esters (lactones) is 1. The van der Waals surface area contributed by atoms with Gasteiger partial charge in [0.25, 0.3) is 0 Å². The zero-order valence-corrected chi connectivity index (χ0v) is 11.4. The van der Waals surface area contributed by atoms with Crippen LogP contribution in [0.25, 0.3) is 0 Å². The SMILES string of the molecule is CCCOC(=O)C1(C(=O)OCCC)CCC(=O)OC1. The largest absolute Gasteiger partial charge is 0.465 e. The normalized spacial score (nSPS) is 17.5. The Kier molecular flexibility index (Phi) is 5.79. The second-order valence-electron chi connectivity index (χ2n) is 4.51. The molecule has 19 heavy (non-hydrogen) atoms. The van der Waals surface area contributed by atoms with Crippen LogP contribution in [0.1, 0.15) is 39.5 Å². The number of rotatable bonds is 6. The zero-order valence-electron chi connectivity index (χ0n) is 11.4. The van der Waals surface area contributed by atoms with Crippen LogP contribution in [0.4, 0.5) is 0 Å². The van der Waals surface area contributed by atoms with Gasteiger partial charge in [0.05, 0.1) is 13.2 Å². The van der Waals surface area contributed by atoms with E-state index < -0.39 is 23.3 Å². The van der Waals surface area contributed by atoms with Crippen LogP contribution in [-0.2, 0) is 28.6 Å². The Morgan fingerprint density at radius 3 is 2.05 bits per heavy atom. The van der Waals surface area contributed by atoms with Crippen molar-refractivity contribution in [2.45, 2.75) is 39.5 Å². The lowest BCUT2D eigenvalue weighted by molar-refractivity contribution is -0.185. The van der Waals surface area contributed by atoms with Crippen molar-refractivity contribution in [3.63, 3.8) is 0 Å². The van der Waals surface area contributed by atoms with Gasteiger partial charge < -0.3 is 14.2 Å². The molecular weight excluding hydrogens is 252 g/mol. The Labute approximate surface area is 112 Å². The topological polar surface area (TPSA) is 78.9 Å². The molecule has 0 atom stereocenters. The summed E-state index contributed by atoms with van der Waals surface area (Å²) in [5.41, 5.74) is -1.49. The van der Waals surface area contributed by atoms with Crippen LogP contribution in [0.5, 0.6) is 0 Å². The molecule has 6 nitrogen and oxygen atoms in total. The van der Waals surface area contributed by atoms with Gasteiger partial charge in [-0.2, -0.15) is 0 Å². The smallest absolute Gasteiger partial charge is 0.327 e. The standard InChI is InChI=1S/C13H20O6/c1-3-7-17-11(15)13(12(16)18-8-4-2)6-5-10(14)19-9-13/h3-9H2,1-2H3. The highest BCUT2D eigenvalue weighted by molar-refractivity contribution is 6.01. The molecule has 0 bridgehead atoms. The Morgan fingerprint density at radius 1 is 1.16 bits per heavy atom. The van der Waals surface area contributed by atoms with Crippen molar-refractivity contribution in [1.82, 2.24) is 0 Å². The summed E-state index contributed by atoms with van der Waals surface area (Å²) in [6.07, 6.45) is 1.41. The van der Waals surface area contributed by atoms with Crippen molar-refractivity contribution in [2.75, 3.05) is 19.8 Å². The summed E-state index contributed by atoms with van der Waals surface area (Å²) in [6.45, 7) is 3.88. The molecular formula is C13H20O6. The minimum atomic E-state index is -1.49. The van der Waals surface area contributed by atoms with Crippen molar-refractivity contribution < 1.29 is 28.6 Å². The minimum absolute atomic E-state index is 0.0163. The lowest BCUT2D eigenvalue weighted by atomic mass is 9.82. The van der Waals surface area contributed by atoms with Gasteiger partial charge in [0.1, 0.15) is 6.61 Å². The fraction of sp³-hybridized carbons (Fsp3) is 0.769. The molecule has 1 aliphatic rings. The lowest BCUT2D eigenvalue weighted by Crippen LogP contribution is -2.49. The van der Waals surface area contributed by atoms with Gasteiger partial charge in [-0.1, -0.05) is 13.8 Å². The fourth-order valence-electron chi connectivity index (χ4n) is 1.73. The molecule has 6 heteroatoms. The van der Waals surface area contributed by atoms with E-state index in [1.807, 2.05) is 13.8 Å². The van der Waals surface area contributed by atoms with E-state index in [4.69, 9.17) is 14.2 Å². The molecule has 1 aliphatic heterocycles. The molecule has 0 aromatic heterocycles. The van der Waals surface area contributed by atoms with E-state index >= 15 is 0 Å². The van der Waals surface area contributed by atoms with Crippen molar-refractivity contribution >= 4 is 17.9 Å². The molecule has 0 aliphatic carbocycles. The predicted molar refractivity (Wildman–Crippen MR) is 65.1 cm³/mol. The second kappa shape index (κ2) is 7.11. The number of ether oxygens (including phenoxy) is 3. The molecule has 0 spiro atoms. The molecule has 108 valence electrons. The van der Waals surface area contributed by atoms with Gasteiger partial charge in [-0.25, -0.2) is 0 Å². The number of esters is 3. The van der Waals surface area contributed by atoms with Crippen LogP contribution >= 0.6 is 0 Å². The maximum absolute atomic E-state index is 12.1. The highest BCUT2D eigenvalue weighted by Gasteiger charge is 2.52. The first-order chi connectivity index (χ1) is 9.06. The third-order valence-corrected chi connectivity index (χ3v) is 2.89. The average Bonchev–Trinajstić information content (AvgIpc) is 2.43. The molecule has 0 aromatic rings. The third-order valence-electron chi connectivity index (χ3n) is 2.89. The summed E-state index contributed by atoms with van der Waals surface area (Å²) in [4.78, 5) is 35.2. The summed E-state index contributed by atoms with van der Waals surface area (Å²) < 4.78 is 14.9. The van der Waals surface area contributed by atoms with Crippen LogP contribution in [0.2, 0.25) is 0 Å². The quantitative estimate of drug-likeness (QED) is 0.411. The predicted octanol–water partition coefficient (Wildman–Crippen LogP) is 1.22. The van der Waals surface area contributed by atoms with E-state index in [2.05, 4.69) is 0 Å². The minimum Gasteiger partial charge on any atom is -0.465 e. The Balaban J connectivity index is 2.80. The number of hydrogen-bond donors (Lipinski definition) is 0. The number of hydrogen-bond acceptors (Lipinski definition) is 6.